The topological polar surface area (TPSA) is 88.9 Å². The third-order valence-corrected chi connectivity index (χ3v) is 7.39. The Morgan fingerprint density at radius 3 is 2.74 bits per heavy atom. The monoisotopic (exact) mass is 464 g/mol. The molecule has 1 N–H and O–H groups in total. The minimum atomic E-state index is -0.0356. The van der Waals surface area contributed by atoms with Crippen LogP contribution in [-0.4, -0.2) is 49.3 Å². The second-order valence-electron chi connectivity index (χ2n) is 10.4. The van der Waals surface area contributed by atoms with Crippen molar-refractivity contribution in [3.05, 3.63) is 51.6 Å². The number of aromatic nitrogens is 5. The highest BCUT2D eigenvalue weighted by Crippen LogP contribution is 2.35. The number of hydrogen-bond acceptors (Lipinski definition) is 6. The first kappa shape index (κ1) is 23.2. The molecule has 0 radical (unpaired) electrons. The van der Waals surface area contributed by atoms with Crippen LogP contribution in [0.25, 0.3) is 10.9 Å². The third-order valence-electron chi connectivity index (χ3n) is 7.39. The lowest BCUT2D eigenvalue weighted by Crippen LogP contribution is -2.40. The fraction of sp³-hybridized carbons (Fsp3) is 0.615. The molecule has 182 valence electrons. The van der Waals surface area contributed by atoms with E-state index < -0.39 is 0 Å². The Morgan fingerprint density at radius 1 is 1.18 bits per heavy atom. The number of tetrazole rings is 1. The minimum Gasteiger partial charge on any atom is -0.377 e. The van der Waals surface area contributed by atoms with E-state index in [1.165, 1.54) is 18.4 Å². The summed E-state index contributed by atoms with van der Waals surface area (Å²) in [6.07, 6.45) is 6.99. The quantitative estimate of drug-likeness (QED) is 0.534. The first-order chi connectivity index (χ1) is 16.5. The Morgan fingerprint density at radius 2 is 2.00 bits per heavy atom. The van der Waals surface area contributed by atoms with Crippen LogP contribution in [0.2, 0.25) is 0 Å². The predicted octanol–water partition coefficient (Wildman–Crippen LogP) is 4.32. The van der Waals surface area contributed by atoms with Gasteiger partial charge >= 0.3 is 0 Å². The number of fused-ring (bicyclic) bond motifs is 1. The fourth-order valence-corrected chi connectivity index (χ4v) is 5.72. The summed E-state index contributed by atoms with van der Waals surface area (Å²) in [6.45, 7) is 8.60. The molecule has 2 atom stereocenters. The van der Waals surface area contributed by atoms with E-state index in [-0.39, 0.29) is 23.6 Å². The number of nitrogens with zero attached hydrogens (tertiary/aromatic N) is 5. The van der Waals surface area contributed by atoms with Gasteiger partial charge in [0.05, 0.1) is 18.2 Å². The summed E-state index contributed by atoms with van der Waals surface area (Å²) in [7, 11) is 0. The maximum Gasteiger partial charge on any atom is 0.252 e. The maximum atomic E-state index is 13.1. The van der Waals surface area contributed by atoms with Crippen molar-refractivity contribution in [1.29, 1.82) is 0 Å². The average molecular weight is 465 g/mol. The molecule has 34 heavy (non-hydrogen) atoms. The molecule has 0 spiro atoms. The van der Waals surface area contributed by atoms with Crippen LogP contribution in [0.1, 0.15) is 81.4 Å². The molecule has 2 fully saturated rings. The van der Waals surface area contributed by atoms with Gasteiger partial charge in [-0.1, -0.05) is 38.3 Å². The van der Waals surface area contributed by atoms with Gasteiger partial charge in [0.1, 0.15) is 0 Å². The Labute approximate surface area is 200 Å². The molecule has 2 aromatic heterocycles. The Bertz CT molecular complexity index is 1170. The Kier molecular flexibility index (Phi) is 6.79. The van der Waals surface area contributed by atoms with Gasteiger partial charge in [-0.2, -0.15) is 0 Å². The zero-order valence-electron chi connectivity index (χ0n) is 20.5. The van der Waals surface area contributed by atoms with E-state index >= 15 is 0 Å². The van der Waals surface area contributed by atoms with Crippen molar-refractivity contribution >= 4 is 10.9 Å². The molecule has 8 nitrogen and oxygen atoms in total. The van der Waals surface area contributed by atoms with Gasteiger partial charge in [-0.25, -0.2) is 4.68 Å². The highest BCUT2D eigenvalue weighted by atomic mass is 16.5. The van der Waals surface area contributed by atoms with Crippen LogP contribution in [0.15, 0.2) is 29.1 Å². The largest absolute Gasteiger partial charge is 0.377 e. The number of benzene rings is 1. The standard InChI is InChI=1S/C26H36N6O2/c1-17(2)24(25-28-29-30-32(25)21-7-4-5-8-21)31(16-22-9-6-12-34-22)15-20-14-19-13-18(3)10-11-23(19)27-26(20)33/h10-11,13-14,17,21-22,24H,4-9,12,15-16H2,1-3H3,(H,27,33)/t22-,24+/m1/s1. The number of aryl methyl sites for hydroxylation is 1. The van der Waals surface area contributed by atoms with Gasteiger partial charge in [0, 0.05) is 30.8 Å². The third kappa shape index (κ3) is 4.79. The molecule has 0 unspecified atom stereocenters. The highest BCUT2D eigenvalue weighted by molar-refractivity contribution is 5.79. The van der Waals surface area contributed by atoms with E-state index in [1.54, 1.807) is 0 Å². The highest BCUT2D eigenvalue weighted by Gasteiger charge is 2.34. The van der Waals surface area contributed by atoms with E-state index in [2.05, 4.69) is 56.9 Å². The normalized spacial score (nSPS) is 20.2. The molecule has 0 amide bonds. The van der Waals surface area contributed by atoms with Gasteiger partial charge < -0.3 is 9.72 Å². The summed E-state index contributed by atoms with van der Waals surface area (Å²) < 4.78 is 8.09. The fourth-order valence-electron chi connectivity index (χ4n) is 5.72. The number of nitrogens with one attached hydrogen (secondary N) is 1. The number of H-pyrrole nitrogens is 1. The molecule has 1 saturated heterocycles. The SMILES string of the molecule is Cc1ccc2[nH]c(=O)c(CN(C[C@H]3CCCO3)[C@H](c3nnnn3C3CCCC3)C(C)C)cc2c1. The second kappa shape index (κ2) is 9.96. The molecule has 2 aliphatic rings. The lowest BCUT2D eigenvalue weighted by atomic mass is 9.99. The molecule has 0 bridgehead atoms. The van der Waals surface area contributed by atoms with Gasteiger partial charge in [0.2, 0.25) is 0 Å². The van der Waals surface area contributed by atoms with Gasteiger partial charge in [-0.3, -0.25) is 9.69 Å². The van der Waals surface area contributed by atoms with E-state index in [9.17, 15) is 4.79 Å². The van der Waals surface area contributed by atoms with Crippen molar-refractivity contribution in [3.8, 4) is 0 Å². The van der Waals surface area contributed by atoms with Crippen LogP contribution >= 0.6 is 0 Å². The molecule has 1 aromatic carbocycles. The first-order valence-electron chi connectivity index (χ1n) is 12.8. The number of rotatable bonds is 8. The van der Waals surface area contributed by atoms with Crippen molar-refractivity contribution in [2.24, 2.45) is 5.92 Å². The van der Waals surface area contributed by atoms with Gasteiger partial charge in [0.25, 0.3) is 5.56 Å². The maximum absolute atomic E-state index is 13.1. The van der Waals surface area contributed by atoms with E-state index in [4.69, 9.17) is 4.74 Å². The number of hydrogen-bond donors (Lipinski definition) is 1. The molecule has 8 heteroatoms. The Hall–Kier alpha value is -2.58. The molecule has 1 saturated carbocycles. The predicted molar refractivity (Wildman–Crippen MR) is 132 cm³/mol. The van der Waals surface area contributed by atoms with Crippen molar-refractivity contribution in [2.45, 2.75) is 84.0 Å². The second-order valence-corrected chi connectivity index (χ2v) is 10.4. The summed E-state index contributed by atoms with van der Waals surface area (Å²) in [4.78, 5) is 18.6. The van der Waals surface area contributed by atoms with E-state index in [0.717, 1.165) is 61.1 Å². The van der Waals surface area contributed by atoms with Crippen molar-refractivity contribution in [2.75, 3.05) is 13.2 Å². The van der Waals surface area contributed by atoms with Gasteiger partial charge in [-0.15, -0.1) is 5.10 Å². The minimum absolute atomic E-state index is 0.00703. The van der Waals surface area contributed by atoms with Gasteiger partial charge in [-0.05, 0) is 72.5 Å². The van der Waals surface area contributed by atoms with Crippen LogP contribution in [-0.2, 0) is 11.3 Å². The number of aromatic amines is 1. The van der Waals surface area contributed by atoms with Crippen molar-refractivity contribution in [3.63, 3.8) is 0 Å². The van der Waals surface area contributed by atoms with Crippen LogP contribution < -0.4 is 5.56 Å². The molecule has 3 aromatic rings. The summed E-state index contributed by atoms with van der Waals surface area (Å²) >= 11 is 0. The molecule has 1 aliphatic carbocycles. The molecule has 1 aliphatic heterocycles. The van der Waals surface area contributed by atoms with E-state index in [1.807, 2.05) is 18.2 Å². The van der Waals surface area contributed by atoms with Crippen LogP contribution in [0, 0.1) is 12.8 Å². The Balaban J connectivity index is 1.52. The van der Waals surface area contributed by atoms with Crippen LogP contribution in [0.3, 0.4) is 0 Å². The van der Waals surface area contributed by atoms with Crippen molar-refractivity contribution in [1.82, 2.24) is 30.1 Å². The lowest BCUT2D eigenvalue weighted by molar-refractivity contribution is 0.0379. The molecular weight excluding hydrogens is 428 g/mol. The number of pyridine rings is 1. The summed E-state index contributed by atoms with van der Waals surface area (Å²) in [5, 5.41) is 14.1. The number of ether oxygens (including phenoxy) is 1. The zero-order valence-corrected chi connectivity index (χ0v) is 20.5. The zero-order chi connectivity index (χ0) is 23.7. The summed E-state index contributed by atoms with van der Waals surface area (Å²) in [5.74, 6) is 1.18. The van der Waals surface area contributed by atoms with E-state index in [0.29, 0.717) is 12.6 Å². The lowest BCUT2D eigenvalue weighted by Gasteiger charge is -2.35. The van der Waals surface area contributed by atoms with Crippen LogP contribution in [0.5, 0.6) is 0 Å². The first-order valence-corrected chi connectivity index (χ1v) is 12.8. The average Bonchev–Trinajstić information content (AvgIpc) is 3.57. The summed E-state index contributed by atoms with van der Waals surface area (Å²) in [6, 6.07) is 8.53. The molecular formula is C26H36N6O2. The van der Waals surface area contributed by atoms with Crippen LogP contribution in [0.4, 0.5) is 0 Å². The molecule has 5 rings (SSSR count). The van der Waals surface area contributed by atoms with Gasteiger partial charge in [0.15, 0.2) is 5.82 Å². The summed E-state index contributed by atoms with van der Waals surface area (Å²) in [5.41, 5.74) is 2.78. The molecule has 3 heterocycles. The smallest absolute Gasteiger partial charge is 0.252 e. The van der Waals surface area contributed by atoms with Crippen molar-refractivity contribution < 1.29 is 4.74 Å².